The van der Waals surface area contributed by atoms with Crippen LogP contribution < -0.4 is 0 Å². The first kappa shape index (κ1) is 17.4. The van der Waals surface area contributed by atoms with Crippen LogP contribution in [0.25, 0.3) is 10.9 Å². The Balaban J connectivity index is 1.70. The Morgan fingerprint density at radius 2 is 1.92 bits per heavy atom. The summed E-state index contributed by atoms with van der Waals surface area (Å²) in [5.74, 6) is -0.713. The van der Waals surface area contributed by atoms with E-state index in [1.165, 1.54) is 0 Å². The fraction of sp³-hybridized carbons (Fsp3) is 0.421. The number of carbonyl (C=O) groups excluding carboxylic acids is 2. The minimum absolute atomic E-state index is 0.0183. The number of aromatic nitrogens is 1. The molecule has 2 atom stereocenters. The molecule has 1 saturated heterocycles. The van der Waals surface area contributed by atoms with E-state index < -0.39 is 5.97 Å². The maximum atomic E-state index is 12.5. The first-order valence-electron chi connectivity index (χ1n) is 8.41. The van der Waals surface area contributed by atoms with E-state index in [-0.39, 0.29) is 24.7 Å². The Bertz CT molecular complexity index is 795. The van der Waals surface area contributed by atoms with Crippen LogP contribution in [0.15, 0.2) is 30.3 Å². The molecule has 1 aromatic heterocycles. The van der Waals surface area contributed by atoms with Gasteiger partial charge in [0.1, 0.15) is 0 Å². The molecule has 1 aliphatic rings. The third-order valence-corrected chi connectivity index (χ3v) is 4.16. The van der Waals surface area contributed by atoms with E-state index in [4.69, 9.17) is 9.47 Å². The van der Waals surface area contributed by atoms with Crippen molar-refractivity contribution in [1.82, 2.24) is 9.88 Å². The second kappa shape index (κ2) is 7.19. The van der Waals surface area contributed by atoms with Crippen molar-refractivity contribution in [2.75, 3.05) is 19.7 Å². The van der Waals surface area contributed by atoms with Gasteiger partial charge in [-0.15, -0.1) is 0 Å². The van der Waals surface area contributed by atoms with Gasteiger partial charge >= 0.3 is 5.97 Å². The molecule has 6 heteroatoms. The summed E-state index contributed by atoms with van der Waals surface area (Å²) in [5.41, 5.74) is 1.89. The van der Waals surface area contributed by atoms with Gasteiger partial charge in [-0.2, -0.15) is 0 Å². The molecule has 6 nitrogen and oxygen atoms in total. The van der Waals surface area contributed by atoms with Crippen molar-refractivity contribution in [3.8, 4) is 0 Å². The largest absolute Gasteiger partial charge is 0.452 e. The third kappa shape index (κ3) is 3.96. The molecule has 0 bridgehead atoms. The maximum Gasteiger partial charge on any atom is 0.339 e. The number of morpholine rings is 1. The van der Waals surface area contributed by atoms with Gasteiger partial charge in [0.2, 0.25) is 0 Å². The van der Waals surface area contributed by atoms with Crippen molar-refractivity contribution in [3.63, 3.8) is 0 Å². The molecular weight excluding hydrogens is 320 g/mol. The van der Waals surface area contributed by atoms with Crippen LogP contribution in [-0.2, 0) is 14.3 Å². The molecule has 3 rings (SSSR count). The van der Waals surface area contributed by atoms with Gasteiger partial charge in [0, 0.05) is 24.2 Å². The van der Waals surface area contributed by atoms with Crippen LogP contribution in [0.5, 0.6) is 0 Å². The lowest BCUT2D eigenvalue weighted by Crippen LogP contribution is -2.49. The number of rotatable bonds is 3. The number of fused-ring (bicyclic) bond motifs is 1. The summed E-state index contributed by atoms with van der Waals surface area (Å²) >= 11 is 0. The summed E-state index contributed by atoms with van der Waals surface area (Å²) in [4.78, 5) is 30.9. The van der Waals surface area contributed by atoms with E-state index in [1.807, 2.05) is 45.0 Å². The third-order valence-electron chi connectivity index (χ3n) is 4.16. The highest BCUT2D eigenvalue weighted by atomic mass is 16.5. The van der Waals surface area contributed by atoms with Gasteiger partial charge < -0.3 is 14.4 Å². The lowest BCUT2D eigenvalue weighted by atomic mass is 10.1. The number of carbonyl (C=O) groups is 2. The molecule has 0 radical (unpaired) electrons. The molecule has 132 valence electrons. The molecular formula is C19H22N2O4. The van der Waals surface area contributed by atoms with Gasteiger partial charge in [0.15, 0.2) is 6.61 Å². The Hall–Kier alpha value is -2.47. The highest BCUT2D eigenvalue weighted by Crippen LogP contribution is 2.19. The van der Waals surface area contributed by atoms with Crippen molar-refractivity contribution in [2.45, 2.75) is 33.0 Å². The van der Waals surface area contributed by atoms with Crippen LogP contribution in [0.1, 0.15) is 29.9 Å². The number of hydrogen-bond acceptors (Lipinski definition) is 5. The molecule has 2 heterocycles. The first-order valence-corrected chi connectivity index (χ1v) is 8.41. The van der Waals surface area contributed by atoms with Crippen molar-refractivity contribution < 1.29 is 19.1 Å². The van der Waals surface area contributed by atoms with Gasteiger partial charge in [-0.05, 0) is 32.9 Å². The summed E-state index contributed by atoms with van der Waals surface area (Å²) < 4.78 is 10.9. The zero-order valence-electron chi connectivity index (χ0n) is 14.7. The first-order chi connectivity index (χ1) is 11.9. The minimum Gasteiger partial charge on any atom is -0.452 e. The number of hydrogen-bond donors (Lipinski definition) is 0. The molecule has 0 unspecified atom stereocenters. The van der Waals surface area contributed by atoms with E-state index in [0.717, 1.165) is 16.6 Å². The second-order valence-corrected chi connectivity index (χ2v) is 6.46. The van der Waals surface area contributed by atoms with Gasteiger partial charge in [0.25, 0.3) is 5.91 Å². The predicted octanol–water partition coefficient (Wildman–Crippen LogP) is 2.34. The van der Waals surface area contributed by atoms with Crippen LogP contribution in [0.2, 0.25) is 0 Å². The van der Waals surface area contributed by atoms with E-state index in [1.54, 1.807) is 11.0 Å². The number of ether oxygens (including phenoxy) is 2. The SMILES string of the molecule is Cc1cc(C(=O)OCC(=O)N2C[C@@H](C)O[C@@H](C)C2)c2ccccc2n1. The van der Waals surface area contributed by atoms with Crippen molar-refractivity contribution >= 4 is 22.8 Å². The summed E-state index contributed by atoms with van der Waals surface area (Å²) in [6, 6.07) is 9.08. The molecule has 0 saturated carbocycles. The molecule has 0 spiro atoms. The molecule has 1 aliphatic heterocycles. The smallest absolute Gasteiger partial charge is 0.339 e. The molecule has 0 aliphatic carbocycles. The highest BCUT2D eigenvalue weighted by Gasteiger charge is 2.26. The van der Waals surface area contributed by atoms with Gasteiger partial charge in [0.05, 0.1) is 23.3 Å². The highest BCUT2D eigenvalue weighted by molar-refractivity contribution is 6.04. The van der Waals surface area contributed by atoms with Gasteiger partial charge in [-0.25, -0.2) is 4.79 Å². The number of esters is 1. The summed E-state index contributed by atoms with van der Waals surface area (Å²) in [5, 5.41) is 0.721. The molecule has 0 N–H and O–H groups in total. The van der Waals surface area contributed by atoms with E-state index in [2.05, 4.69) is 4.98 Å². The Labute approximate surface area is 146 Å². The van der Waals surface area contributed by atoms with Crippen LogP contribution in [0, 0.1) is 6.92 Å². The second-order valence-electron chi connectivity index (χ2n) is 6.46. The van der Waals surface area contributed by atoms with Crippen LogP contribution >= 0.6 is 0 Å². The van der Waals surface area contributed by atoms with E-state index >= 15 is 0 Å². The number of nitrogens with zero attached hydrogens (tertiary/aromatic N) is 2. The zero-order chi connectivity index (χ0) is 18.0. The normalized spacial score (nSPS) is 20.5. The number of benzene rings is 1. The fourth-order valence-electron chi connectivity index (χ4n) is 3.15. The van der Waals surface area contributed by atoms with Crippen LogP contribution in [0.4, 0.5) is 0 Å². The Kier molecular flexibility index (Phi) is 4.99. The number of para-hydroxylation sites is 1. The predicted molar refractivity (Wildman–Crippen MR) is 93.4 cm³/mol. The standard InChI is InChI=1S/C19H22N2O4/c1-12-8-16(15-6-4-5-7-17(15)20-12)19(23)24-11-18(22)21-9-13(2)25-14(3)10-21/h4-8,13-14H,9-11H2,1-3H3/t13-,14+. The average molecular weight is 342 g/mol. The van der Waals surface area contributed by atoms with E-state index in [9.17, 15) is 9.59 Å². The summed E-state index contributed by atoms with van der Waals surface area (Å²) in [7, 11) is 0. The number of aryl methyl sites for hydroxylation is 1. The number of pyridine rings is 1. The average Bonchev–Trinajstić information content (AvgIpc) is 2.57. The Morgan fingerprint density at radius 1 is 1.24 bits per heavy atom. The van der Waals surface area contributed by atoms with Crippen molar-refractivity contribution in [3.05, 3.63) is 41.6 Å². The number of amides is 1. The monoisotopic (exact) mass is 342 g/mol. The van der Waals surface area contributed by atoms with Crippen molar-refractivity contribution in [2.24, 2.45) is 0 Å². The summed E-state index contributed by atoms with van der Waals surface area (Å²) in [6.45, 7) is 6.43. The molecule has 1 aromatic carbocycles. The molecule has 1 fully saturated rings. The lowest BCUT2D eigenvalue weighted by Gasteiger charge is -2.35. The Morgan fingerprint density at radius 3 is 2.64 bits per heavy atom. The van der Waals surface area contributed by atoms with Gasteiger partial charge in [-0.3, -0.25) is 9.78 Å². The molecule has 25 heavy (non-hydrogen) atoms. The zero-order valence-corrected chi connectivity index (χ0v) is 14.7. The quantitative estimate of drug-likeness (QED) is 0.801. The van der Waals surface area contributed by atoms with E-state index in [0.29, 0.717) is 18.7 Å². The molecule has 2 aromatic rings. The topological polar surface area (TPSA) is 68.7 Å². The minimum atomic E-state index is -0.510. The van der Waals surface area contributed by atoms with Gasteiger partial charge in [-0.1, -0.05) is 18.2 Å². The van der Waals surface area contributed by atoms with Crippen LogP contribution in [-0.4, -0.2) is 53.7 Å². The van der Waals surface area contributed by atoms with Crippen LogP contribution in [0.3, 0.4) is 0 Å². The molecule has 1 amide bonds. The van der Waals surface area contributed by atoms with Crippen molar-refractivity contribution in [1.29, 1.82) is 0 Å². The summed E-state index contributed by atoms with van der Waals surface area (Å²) in [6.07, 6.45) is -0.0367. The lowest BCUT2D eigenvalue weighted by molar-refractivity contribution is -0.146. The maximum absolute atomic E-state index is 12.5. The fourth-order valence-corrected chi connectivity index (χ4v) is 3.15.